The average Bonchev–Trinajstić information content (AvgIpc) is 3.29. The van der Waals surface area contributed by atoms with Crippen LogP contribution in [0.25, 0.3) is 11.3 Å². The molecule has 4 aliphatic heterocycles. The van der Waals surface area contributed by atoms with Crippen molar-refractivity contribution in [3.05, 3.63) is 64.7 Å². The SMILES string of the molecule is Nc1nnc(-c2ccccc2O)cc1C#CC1CC2(C1)CC(N1CC3(CCc4ccc5c(c4O3)C(=O)N(C3CCC(=O)NC3=O)C5=O)C1)C2. The number of para-hydroxylation sites is 1. The molecule has 4 N–H and O–H groups in total. The van der Waals surface area contributed by atoms with Crippen LogP contribution in [0.15, 0.2) is 42.5 Å². The number of piperidine rings is 1. The van der Waals surface area contributed by atoms with Crippen LogP contribution in [0.1, 0.15) is 76.8 Å². The second-order valence-corrected chi connectivity index (χ2v) is 14.6. The van der Waals surface area contributed by atoms with Gasteiger partial charge < -0.3 is 15.6 Å². The Morgan fingerprint density at radius 3 is 2.53 bits per heavy atom. The number of nitrogens with two attached hydrogens (primary N) is 1. The molecular formula is C37H34N6O6. The van der Waals surface area contributed by atoms with Crippen LogP contribution in [-0.4, -0.2) is 79.5 Å². The number of fused-ring (bicyclic) bond motifs is 3. The van der Waals surface area contributed by atoms with Gasteiger partial charge in [0.25, 0.3) is 11.8 Å². The van der Waals surface area contributed by atoms with E-state index in [9.17, 15) is 24.3 Å². The molecule has 2 saturated carbocycles. The Morgan fingerprint density at radius 2 is 1.76 bits per heavy atom. The number of aromatic nitrogens is 2. The monoisotopic (exact) mass is 658 g/mol. The van der Waals surface area contributed by atoms with Gasteiger partial charge >= 0.3 is 0 Å². The highest BCUT2D eigenvalue weighted by atomic mass is 16.5. The number of hydrogen-bond acceptors (Lipinski definition) is 10. The van der Waals surface area contributed by atoms with Crippen LogP contribution in [0.3, 0.4) is 0 Å². The maximum absolute atomic E-state index is 13.6. The van der Waals surface area contributed by atoms with Crippen LogP contribution in [0.4, 0.5) is 5.82 Å². The first kappa shape index (κ1) is 29.8. The van der Waals surface area contributed by atoms with E-state index in [2.05, 4.69) is 32.3 Å². The van der Waals surface area contributed by atoms with Gasteiger partial charge in [0.05, 0.1) is 22.4 Å². The normalized spacial score (nSPS) is 28.0. The van der Waals surface area contributed by atoms with Crippen LogP contribution < -0.4 is 15.8 Å². The van der Waals surface area contributed by atoms with Crippen molar-refractivity contribution in [2.75, 3.05) is 18.8 Å². The smallest absolute Gasteiger partial charge is 0.266 e. The molecule has 0 radical (unpaired) electrons. The van der Waals surface area contributed by atoms with Gasteiger partial charge in [0.15, 0.2) is 5.82 Å². The molecule has 3 aromatic rings. The van der Waals surface area contributed by atoms with E-state index in [0.717, 1.165) is 62.1 Å². The number of aryl methyl sites for hydroxylation is 1. The predicted octanol–water partition coefficient (Wildman–Crippen LogP) is 2.82. The zero-order valence-electron chi connectivity index (χ0n) is 26.7. The third kappa shape index (κ3) is 4.70. The van der Waals surface area contributed by atoms with E-state index in [-0.39, 0.29) is 35.5 Å². The Hall–Kier alpha value is -5.28. The number of rotatable bonds is 3. The van der Waals surface area contributed by atoms with Crippen molar-refractivity contribution >= 4 is 29.4 Å². The number of benzene rings is 2. The van der Waals surface area contributed by atoms with Crippen molar-refractivity contribution in [1.82, 2.24) is 25.3 Å². The van der Waals surface area contributed by atoms with Crippen LogP contribution >= 0.6 is 0 Å². The van der Waals surface area contributed by atoms with Crippen molar-refractivity contribution in [2.45, 2.75) is 69.1 Å². The lowest BCUT2D eigenvalue weighted by Gasteiger charge is -2.64. The number of imide groups is 2. The molecule has 9 rings (SSSR count). The first-order chi connectivity index (χ1) is 23.6. The number of phenolic OH excluding ortho intramolecular Hbond substituents is 1. The summed E-state index contributed by atoms with van der Waals surface area (Å²) in [7, 11) is 0. The van der Waals surface area contributed by atoms with Crippen LogP contribution in [-0.2, 0) is 16.0 Å². The molecule has 2 aromatic carbocycles. The third-order valence-electron chi connectivity index (χ3n) is 11.4. The van der Waals surface area contributed by atoms with Gasteiger partial charge in [-0.3, -0.25) is 34.3 Å². The summed E-state index contributed by atoms with van der Waals surface area (Å²) < 4.78 is 6.63. The molecule has 5 heterocycles. The van der Waals surface area contributed by atoms with Crippen molar-refractivity contribution in [3.63, 3.8) is 0 Å². The number of nitrogens with zero attached hydrogens (tertiary/aromatic N) is 4. The number of likely N-dealkylation sites (tertiary alicyclic amines) is 1. The lowest BCUT2D eigenvalue weighted by atomic mass is 9.49. The first-order valence-electron chi connectivity index (χ1n) is 16.8. The molecule has 1 atom stereocenters. The third-order valence-corrected chi connectivity index (χ3v) is 11.4. The van der Waals surface area contributed by atoms with Crippen molar-refractivity contribution in [3.8, 4) is 34.6 Å². The number of anilines is 1. The van der Waals surface area contributed by atoms with Gasteiger partial charge in [-0.1, -0.05) is 30.0 Å². The molecule has 2 aliphatic carbocycles. The molecule has 248 valence electrons. The molecule has 12 nitrogen and oxygen atoms in total. The summed E-state index contributed by atoms with van der Waals surface area (Å²) in [6, 6.07) is 11.7. The number of phenols is 1. The molecule has 4 amide bonds. The second kappa shape index (κ2) is 10.6. The highest BCUT2D eigenvalue weighted by molar-refractivity contribution is 6.24. The number of carbonyl (C=O) groups is 4. The van der Waals surface area contributed by atoms with Crippen molar-refractivity contribution in [1.29, 1.82) is 0 Å². The summed E-state index contributed by atoms with van der Waals surface area (Å²) in [6.45, 7) is 1.54. The minimum atomic E-state index is -1.01. The van der Waals surface area contributed by atoms with Gasteiger partial charge in [-0.15, -0.1) is 10.2 Å². The van der Waals surface area contributed by atoms with E-state index >= 15 is 0 Å². The Labute approximate surface area is 282 Å². The number of hydrogen-bond donors (Lipinski definition) is 3. The summed E-state index contributed by atoms with van der Waals surface area (Å²) >= 11 is 0. The second-order valence-electron chi connectivity index (χ2n) is 14.6. The molecule has 6 aliphatic rings. The van der Waals surface area contributed by atoms with Gasteiger partial charge in [0.1, 0.15) is 23.1 Å². The van der Waals surface area contributed by atoms with E-state index in [1.54, 1.807) is 30.3 Å². The van der Waals surface area contributed by atoms with Gasteiger partial charge in [-0.25, -0.2) is 0 Å². The van der Waals surface area contributed by atoms with E-state index in [4.69, 9.17) is 10.5 Å². The standard InChI is InChI=1S/C37H34N6O6/c38-32-22(13-26(40-41-32)24-3-1-2-4-28(24)44)6-5-20-14-36(15-20)16-23(17-36)42-18-37(19-42)12-11-21-7-8-25-30(31(21)49-37)35(48)43(34(25)47)27-9-10-29(45)39-33(27)46/h1-4,7-8,13,20,23,27,44H,9-12,14-19H2,(H2,38,41)(H,39,45,46). The summed E-state index contributed by atoms with van der Waals surface area (Å²) in [5, 5.41) is 20.6. The fourth-order valence-electron chi connectivity index (χ4n) is 8.81. The molecule has 2 saturated heterocycles. The Morgan fingerprint density at radius 1 is 0.959 bits per heavy atom. The number of nitrogen functional groups attached to an aromatic ring is 1. The van der Waals surface area contributed by atoms with Crippen LogP contribution in [0.5, 0.6) is 11.5 Å². The summed E-state index contributed by atoms with van der Waals surface area (Å²) in [6.07, 6.45) is 6.13. The molecule has 2 spiro atoms. The lowest BCUT2D eigenvalue weighted by Crippen LogP contribution is -2.71. The first-order valence-corrected chi connectivity index (χ1v) is 16.8. The highest BCUT2D eigenvalue weighted by Crippen LogP contribution is 2.61. The summed E-state index contributed by atoms with van der Waals surface area (Å²) in [5.74, 6) is 5.71. The zero-order chi connectivity index (χ0) is 33.7. The van der Waals surface area contributed by atoms with Crippen molar-refractivity contribution in [2.24, 2.45) is 11.3 Å². The van der Waals surface area contributed by atoms with Crippen LogP contribution in [0.2, 0.25) is 0 Å². The number of aromatic hydroxyl groups is 1. The van der Waals surface area contributed by atoms with E-state index in [0.29, 0.717) is 39.9 Å². The summed E-state index contributed by atoms with van der Waals surface area (Å²) in [4.78, 5) is 54.6. The van der Waals surface area contributed by atoms with Gasteiger partial charge in [0.2, 0.25) is 11.8 Å². The van der Waals surface area contributed by atoms with E-state index < -0.39 is 35.3 Å². The van der Waals surface area contributed by atoms with Crippen LogP contribution in [0, 0.1) is 23.2 Å². The fraction of sp³-hybridized carbons (Fsp3) is 0.405. The maximum atomic E-state index is 13.6. The van der Waals surface area contributed by atoms with Crippen molar-refractivity contribution < 1.29 is 29.0 Å². The summed E-state index contributed by atoms with van der Waals surface area (Å²) in [5.41, 5.74) is 9.11. The molecule has 1 unspecified atom stereocenters. The Bertz CT molecular complexity index is 2050. The van der Waals surface area contributed by atoms with Gasteiger partial charge in [-0.2, -0.15) is 0 Å². The number of carbonyl (C=O) groups excluding carboxylic acids is 4. The predicted molar refractivity (Wildman–Crippen MR) is 175 cm³/mol. The number of amides is 4. The topological polar surface area (TPSA) is 168 Å². The maximum Gasteiger partial charge on any atom is 0.266 e. The minimum absolute atomic E-state index is 0.0784. The van der Waals surface area contributed by atoms with E-state index in [1.807, 2.05) is 12.1 Å². The van der Waals surface area contributed by atoms with E-state index in [1.165, 1.54) is 0 Å². The number of nitrogens with one attached hydrogen (secondary N) is 1. The Kier molecular flexibility index (Phi) is 6.46. The quantitative estimate of drug-likeness (QED) is 0.281. The molecule has 49 heavy (non-hydrogen) atoms. The molecular weight excluding hydrogens is 624 g/mol. The fourth-order valence-corrected chi connectivity index (χ4v) is 8.81. The Balaban J connectivity index is 0.818. The highest BCUT2D eigenvalue weighted by Gasteiger charge is 2.59. The molecule has 12 heteroatoms. The number of ether oxygens (including phenoxy) is 1. The average molecular weight is 659 g/mol. The largest absolute Gasteiger partial charge is 0.507 e. The molecule has 0 bridgehead atoms. The van der Waals surface area contributed by atoms with Gasteiger partial charge in [-0.05, 0) is 80.2 Å². The van der Waals surface area contributed by atoms with Gasteiger partial charge in [0, 0.05) is 37.0 Å². The minimum Gasteiger partial charge on any atom is -0.507 e. The molecule has 4 fully saturated rings. The lowest BCUT2D eigenvalue weighted by molar-refractivity contribution is -0.160. The molecule has 1 aromatic heterocycles. The zero-order valence-corrected chi connectivity index (χ0v) is 26.7.